The molecular weight excluding hydrogens is 192 g/mol. The molecule has 0 aliphatic rings. The largest absolute Gasteiger partial charge is 0.462 e. The van der Waals surface area contributed by atoms with Gasteiger partial charge in [0.15, 0.2) is 0 Å². The number of carbonyl (C=O) groups is 1. The van der Waals surface area contributed by atoms with Crippen molar-refractivity contribution >= 4 is 11.5 Å². The molecule has 2 rings (SSSR count). The van der Waals surface area contributed by atoms with E-state index in [1.54, 1.807) is 19.2 Å². The summed E-state index contributed by atoms with van der Waals surface area (Å²) in [6, 6.07) is 3.56. The summed E-state index contributed by atoms with van der Waals surface area (Å²) < 4.78 is 6.83. The predicted octanol–water partition coefficient (Wildman–Crippen LogP) is 1.82. The molecule has 0 atom stereocenters. The van der Waals surface area contributed by atoms with E-state index in [1.807, 2.05) is 23.6 Å². The monoisotopic (exact) mass is 204 g/mol. The van der Waals surface area contributed by atoms with Gasteiger partial charge in [-0.3, -0.25) is 0 Å². The van der Waals surface area contributed by atoms with Crippen molar-refractivity contribution in [3.8, 4) is 0 Å². The predicted molar refractivity (Wildman–Crippen MR) is 55.9 cm³/mol. The van der Waals surface area contributed by atoms with E-state index >= 15 is 0 Å². The van der Waals surface area contributed by atoms with E-state index in [-0.39, 0.29) is 5.97 Å². The first-order valence-electron chi connectivity index (χ1n) is 4.84. The second kappa shape index (κ2) is 3.73. The summed E-state index contributed by atoms with van der Waals surface area (Å²) in [5.41, 5.74) is 1.34. The second-order valence-corrected chi connectivity index (χ2v) is 3.20. The maximum Gasteiger partial charge on any atom is 0.340 e. The van der Waals surface area contributed by atoms with Gasteiger partial charge in [-0.2, -0.15) is 0 Å². The fraction of sp³-hybridized carbons (Fsp3) is 0.273. The highest BCUT2D eigenvalue weighted by atomic mass is 16.5. The third-order valence-electron chi connectivity index (χ3n) is 2.25. The topological polar surface area (TPSA) is 43.6 Å². The molecule has 0 aliphatic carbocycles. The van der Waals surface area contributed by atoms with Crippen molar-refractivity contribution in [2.24, 2.45) is 0 Å². The normalized spacial score (nSPS) is 10.5. The number of fused-ring (bicyclic) bond motifs is 1. The van der Waals surface area contributed by atoms with Crippen molar-refractivity contribution in [2.75, 3.05) is 6.61 Å². The third-order valence-corrected chi connectivity index (χ3v) is 2.25. The number of carbonyl (C=O) groups excluding carboxylic acids is 1. The Kier molecular flexibility index (Phi) is 2.41. The van der Waals surface area contributed by atoms with Gasteiger partial charge >= 0.3 is 5.97 Å². The summed E-state index contributed by atoms with van der Waals surface area (Å²) >= 11 is 0. The lowest BCUT2D eigenvalue weighted by Crippen LogP contribution is -2.06. The quantitative estimate of drug-likeness (QED) is 0.701. The fourth-order valence-corrected chi connectivity index (χ4v) is 1.53. The molecule has 0 amide bonds. The SMILES string of the molecule is CCOC(=O)c1cccn2c(C)ncc12. The van der Waals surface area contributed by atoms with Crippen LogP contribution in [0.2, 0.25) is 0 Å². The van der Waals surface area contributed by atoms with Gasteiger partial charge in [0.25, 0.3) is 0 Å². The van der Waals surface area contributed by atoms with Gasteiger partial charge in [-0.1, -0.05) is 0 Å². The minimum absolute atomic E-state index is 0.303. The number of aromatic nitrogens is 2. The lowest BCUT2D eigenvalue weighted by atomic mass is 10.2. The Morgan fingerprint density at radius 3 is 3.13 bits per heavy atom. The van der Waals surface area contributed by atoms with Gasteiger partial charge in [-0.15, -0.1) is 0 Å². The standard InChI is InChI=1S/C11H12N2O2/c1-3-15-11(14)9-5-4-6-13-8(2)12-7-10(9)13/h4-7H,3H2,1-2H3. The van der Waals surface area contributed by atoms with Crippen molar-refractivity contribution < 1.29 is 9.53 Å². The molecule has 0 aromatic carbocycles. The van der Waals surface area contributed by atoms with Crippen molar-refractivity contribution in [1.82, 2.24) is 9.38 Å². The molecule has 2 heterocycles. The van der Waals surface area contributed by atoms with Crippen LogP contribution in [0.4, 0.5) is 0 Å². The highest BCUT2D eigenvalue weighted by Crippen LogP contribution is 2.13. The third kappa shape index (κ3) is 1.58. The summed E-state index contributed by atoms with van der Waals surface area (Å²) in [6.45, 7) is 4.06. The number of hydrogen-bond donors (Lipinski definition) is 0. The lowest BCUT2D eigenvalue weighted by Gasteiger charge is -2.03. The van der Waals surface area contributed by atoms with Gasteiger partial charge < -0.3 is 9.14 Å². The van der Waals surface area contributed by atoms with Gasteiger partial charge in [0.2, 0.25) is 0 Å². The molecule has 2 aromatic rings. The number of imidazole rings is 1. The maximum absolute atomic E-state index is 11.6. The van der Waals surface area contributed by atoms with Gasteiger partial charge in [0, 0.05) is 6.20 Å². The van der Waals surface area contributed by atoms with Crippen molar-refractivity contribution in [3.05, 3.63) is 35.9 Å². The maximum atomic E-state index is 11.6. The molecule has 0 spiro atoms. The van der Waals surface area contributed by atoms with E-state index < -0.39 is 0 Å². The van der Waals surface area contributed by atoms with Crippen LogP contribution in [-0.4, -0.2) is 22.0 Å². The molecule has 0 saturated carbocycles. The van der Waals surface area contributed by atoms with Crippen molar-refractivity contribution in [1.29, 1.82) is 0 Å². The van der Waals surface area contributed by atoms with Crippen LogP contribution in [0.5, 0.6) is 0 Å². The zero-order chi connectivity index (χ0) is 10.8. The summed E-state index contributed by atoms with van der Waals surface area (Å²) in [7, 11) is 0. The van der Waals surface area contributed by atoms with Gasteiger partial charge in [0.1, 0.15) is 5.82 Å². The van der Waals surface area contributed by atoms with Crippen LogP contribution >= 0.6 is 0 Å². The lowest BCUT2D eigenvalue weighted by molar-refractivity contribution is 0.0528. The molecule has 0 aliphatic heterocycles. The van der Waals surface area contributed by atoms with Crippen LogP contribution in [0.25, 0.3) is 5.52 Å². The number of esters is 1. The minimum Gasteiger partial charge on any atom is -0.462 e. The van der Waals surface area contributed by atoms with Crippen LogP contribution < -0.4 is 0 Å². The van der Waals surface area contributed by atoms with Gasteiger partial charge in [-0.25, -0.2) is 9.78 Å². The number of nitrogens with zero attached hydrogens (tertiary/aromatic N) is 2. The van der Waals surface area contributed by atoms with Crippen molar-refractivity contribution in [2.45, 2.75) is 13.8 Å². The molecule has 0 saturated heterocycles. The number of ether oxygens (including phenoxy) is 1. The van der Waals surface area contributed by atoms with Crippen LogP contribution in [-0.2, 0) is 4.74 Å². The average molecular weight is 204 g/mol. The molecule has 0 bridgehead atoms. The van der Waals surface area contributed by atoms with E-state index in [1.165, 1.54) is 0 Å². The summed E-state index contributed by atoms with van der Waals surface area (Å²) in [6.07, 6.45) is 3.56. The Morgan fingerprint density at radius 2 is 2.40 bits per heavy atom. The minimum atomic E-state index is -0.303. The van der Waals surface area contributed by atoms with E-state index in [4.69, 9.17) is 4.74 Å². The van der Waals surface area contributed by atoms with Gasteiger partial charge in [0.05, 0.1) is 23.9 Å². The highest BCUT2D eigenvalue weighted by molar-refractivity contribution is 5.96. The molecule has 0 fully saturated rings. The Bertz CT molecular complexity index is 502. The van der Waals surface area contributed by atoms with E-state index in [0.717, 1.165) is 11.3 Å². The number of hydrogen-bond acceptors (Lipinski definition) is 3. The molecule has 4 nitrogen and oxygen atoms in total. The van der Waals surface area contributed by atoms with Crippen molar-refractivity contribution in [3.63, 3.8) is 0 Å². The first-order valence-corrected chi connectivity index (χ1v) is 4.84. The molecule has 78 valence electrons. The molecule has 2 aromatic heterocycles. The Balaban J connectivity index is 2.56. The van der Waals surface area contributed by atoms with Gasteiger partial charge in [-0.05, 0) is 26.0 Å². The number of aryl methyl sites for hydroxylation is 1. The molecule has 15 heavy (non-hydrogen) atoms. The second-order valence-electron chi connectivity index (χ2n) is 3.20. The first kappa shape index (κ1) is 9.71. The van der Waals surface area contributed by atoms with Crippen LogP contribution in [0.15, 0.2) is 24.5 Å². The molecule has 0 N–H and O–H groups in total. The first-order chi connectivity index (χ1) is 7.24. The zero-order valence-corrected chi connectivity index (χ0v) is 8.73. The Hall–Kier alpha value is -1.84. The summed E-state index contributed by atoms with van der Waals surface area (Å²) in [4.78, 5) is 15.8. The number of pyridine rings is 1. The zero-order valence-electron chi connectivity index (χ0n) is 8.73. The van der Waals surface area contributed by atoms with E-state index in [2.05, 4.69) is 4.98 Å². The number of rotatable bonds is 2. The fourth-order valence-electron chi connectivity index (χ4n) is 1.53. The van der Waals surface area contributed by atoms with Crippen LogP contribution in [0.1, 0.15) is 23.1 Å². The molecule has 4 heteroatoms. The van der Waals surface area contributed by atoms with Crippen LogP contribution in [0.3, 0.4) is 0 Å². The van der Waals surface area contributed by atoms with Crippen LogP contribution in [0, 0.1) is 6.92 Å². The molecular formula is C11H12N2O2. The Labute approximate surface area is 87.5 Å². The smallest absolute Gasteiger partial charge is 0.340 e. The summed E-state index contributed by atoms with van der Waals surface area (Å²) in [5.74, 6) is 0.555. The summed E-state index contributed by atoms with van der Waals surface area (Å²) in [5, 5.41) is 0. The van der Waals surface area contributed by atoms with E-state index in [0.29, 0.717) is 12.2 Å². The Morgan fingerprint density at radius 1 is 1.60 bits per heavy atom. The highest BCUT2D eigenvalue weighted by Gasteiger charge is 2.12. The van der Waals surface area contributed by atoms with E-state index in [9.17, 15) is 4.79 Å². The average Bonchev–Trinajstić information content (AvgIpc) is 2.61. The molecule has 0 radical (unpaired) electrons. The molecule has 0 unspecified atom stereocenters.